The molecule has 1 aliphatic carbocycles. The summed E-state index contributed by atoms with van der Waals surface area (Å²) in [4.78, 5) is 22.8. The van der Waals surface area contributed by atoms with Crippen molar-refractivity contribution in [3.05, 3.63) is 30.1 Å². The quantitative estimate of drug-likeness (QED) is 0.703. The zero-order chi connectivity index (χ0) is 17.4. The second-order valence-corrected chi connectivity index (χ2v) is 7.48. The third kappa shape index (κ3) is 4.57. The van der Waals surface area contributed by atoms with Gasteiger partial charge < -0.3 is 20.7 Å². The molecule has 3 atom stereocenters. The fourth-order valence-corrected chi connectivity index (χ4v) is 4.19. The summed E-state index contributed by atoms with van der Waals surface area (Å²) >= 11 is 0. The lowest BCUT2D eigenvalue weighted by Crippen LogP contribution is -2.47. The molecule has 0 radical (unpaired) electrons. The number of rotatable bonds is 2. The van der Waals surface area contributed by atoms with Gasteiger partial charge in [-0.05, 0) is 44.2 Å². The average Bonchev–Trinajstić information content (AvgIpc) is 3.08. The van der Waals surface area contributed by atoms with Crippen molar-refractivity contribution in [2.24, 2.45) is 11.7 Å². The summed E-state index contributed by atoms with van der Waals surface area (Å²) in [6.07, 6.45) is 3.34. The minimum absolute atomic E-state index is 0. The summed E-state index contributed by atoms with van der Waals surface area (Å²) in [7, 11) is 0. The molecule has 1 aromatic heterocycles. The van der Waals surface area contributed by atoms with Crippen molar-refractivity contribution in [1.82, 2.24) is 14.9 Å². The summed E-state index contributed by atoms with van der Waals surface area (Å²) < 4.78 is 0. The number of aromatic nitrogens is 2. The predicted octanol–water partition coefficient (Wildman–Crippen LogP) is 2.60. The Morgan fingerprint density at radius 2 is 1.85 bits per heavy atom. The SMILES string of the molecule is Cl.Cl.N[C@@H]1CC[C@H](C(=O)N2CCC(c3nc4ccccc4[nH]3)CC2)C[C@H]1O. The van der Waals surface area contributed by atoms with Crippen LogP contribution in [0.5, 0.6) is 0 Å². The molecule has 4 N–H and O–H groups in total. The van der Waals surface area contributed by atoms with Gasteiger partial charge >= 0.3 is 0 Å². The number of amides is 1. The normalized spacial score (nSPS) is 26.3. The second-order valence-electron chi connectivity index (χ2n) is 7.48. The molecular weight excluding hydrogens is 387 g/mol. The Balaban J connectivity index is 0.00000131. The highest BCUT2D eigenvalue weighted by Crippen LogP contribution is 2.31. The number of likely N-dealkylation sites (tertiary alicyclic amines) is 1. The number of piperidine rings is 1. The maximum absolute atomic E-state index is 12.7. The van der Waals surface area contributed by atoms with Gasteiger partial charge in [-0.25, -0.2) is 4.98 Å². The van der Waals surface area contributed by atoms with E-state index in [1.165, 1.54) is 0 Å². The highest BCUT2D eigenvalue weighted by molar-refractivity contribution is 5.85. The Kier molecular flexibility index (Phi) is 7.51. The summed E-state index contributed by atoms with van der Waals surface area (Å²) in [5.41, 5.74) is 7.92. The lowest BCUT2D eigenvalue weighted by atomic mass is 9.83. The second kappa shape index (κ2) is 9.24. The monoisotopic (exact) mass is 414 g/mol. The highest BCUT2D eigenvalue weighted by atomic mass is 35.5. The number of benzene rings is 1. The number of imidazole rings is 1. The first-order valence-corrected chi connectivity index (χ1v) is 9.29. The van der Waals surface area contributed by atoms with Gasteiger partial charge in [-0.15, -0.1) is 24.8 Å². The smallest absolute Gasteiger partial charge is 0.225 e. The third-order valence-corrected chi connectivity index (χ3v) is 5.82. The van der Waals surface area contributed by atoms with Gasteiger partial charge in [-0.2, -0.15) is 0 Å². The van der Waals surface area contributed by atoms with E-state index < -0.39 is 6.10 Å². The van der Waals surface area contributed by atoms with E-state index in [2.05, 4.69) is 4.98 Å². The van der Waals surface area contributed by atoms with Gasteiger partial charge in [0.05, 0.1) is 17.1 Å². The molecule has 1 saturated heterocycles. The first kappa shape index (κ1) is 22.0. The molecule has 2 aromatic rings. The molecule has 8 heteroatoms. The van der Waals surface area contributed by atoms with Gasteiger partial charge in [0.15, 0.2) is 0 Å². The van der Waals surface area contributed by atoms with Crippen molar-refractivity contribution >= 4 is 41.8 Å². The Labute approximate surface area is 171 Å². The number of H-pyrrole nitrogens is 1. The van der Waals surface area contributed by atoms with E-state index in [-0.39, 0.29) is 42.7 Å². The van der Waals surface area contributed by atoms with Crippen LogP contribution in [0.15, 0.2) is 24.3 Å². The number of nitrogens with zero attached hydrogens (tertiary/aromatic N) is 2. The summed E-state index contributed by atoms with van der Waals surface area (Å²) in [6.45, 7) is 1.53. The number of aliphatic hydroxyl groups excluding tert-OH is 1. The van der Waals surface area contributed by atoms with Crippen LogP contribution in [-0.4, -0.2) is 51.1 Å². The molecule has 1 amide bonds. The lowest BCUT2D eigenvalue weighted by molar-refractivity contribution is -0.139. The van der Waals surface area contributed by atoms with E-state index in [1.807, 2.05) is 29.2 Å². The standard InChI is InChI=1S/C19H26N4O2.2ClH/c20-14-6-5-13(11-17(14)24)19(25)23-9-7-12(8-10-23)18-21-15-3-1-2-4-16(15)22-18;;/h1-4,12-14,17,24H,5-11,20H2,(H,21,22);2*1H/t13-,14+,17+;;/m0../s1. The molecule has 150 valence electrons. The Hall–Kier alpha value is -1.34. The molecule has 27 heavy (non-hydrogen) atoms. The molecule has 0 bridgehead atoms. The number of hydrogen-bond donors (Lipinski definition) is 3. The molecule has 1 saturated carbocycles. The van der Waals surface area contributed by atoms with Gasteiger partial charge in [0.25, 0.3) is 0 Å². The van der Waals surface area contributed by atoms with E-state index in [1.54, 1.807) is 0 Å². The average molecular weight is 415 g/mol. The molecule has 1 aromatic carbocycles. The Bertz CT molecular complexity index is 728. The van der Waals surface area contributed by atoms with Crippen LogP contribution in [0.1, 0.15) is 43.8 Å². The van der Waals surface area contributed by atoms with Crippen LogP contribution in [0.4, 0.5) is 0 Å². The van der Waals surface area contributed by atoms with Crippen LogP contribution in [0, 0.1) is 5.92 Å². The van der Waals surface area contributed by atoms with Crippen LogP contribution in [-0.2, 0) is 4.79 Å². The number of nitrogens with one attached hydrogen (secondary N) is 1. The minimum Gasteiger partial charge on any atom is -0.391 e. The molecule has 1 aliphatic heterocycles. The molecule has 0 unspecified atom stereocenters. The van der Waals surface area contributed by atoms with Crippen molar-refractivity contribution in [2.45, 2.75) is 50.2 Å². The number of carbonyl (C=O) groups is 1. The van der Waals surface area contributed by atoms with Crippen molar-refractivity contribution in [3.63, 3.8) is 0 Å². The molecule has 0 spiro atoms. The van der Waals surface area contributed by atoms with Crippen LogP contribution in [0.3, 0.4) is 0 Å². The largest absolute Gasteiger partial charge is 0.391 e. The van der Waals surface area contributed by atoms with Crippen LogP contribution in [0.2, 0.25) is 0 Å². The summed E-state index contributed by atoms with van der Waals surface area (Å²) in [5, 5.41) is 9.95. The zero-order valence-electron chi connectivity index (χ0n) is 15.2. The van der Waals surface area contributed by atoms with Crippen molar-refractivity contribution in [1.29, 1.82) is 0 Å². The van der Waals surface area contributed by atoms with E-state index in [0.29, 0.717) is 12.3 Å². The molecule has 4 rings (SSSR count). The molecule has 2 heterocycles. The van der Waals surface area contributed by atoms with Crippen molar-refractivity contribution in [2.75, 3.05) is 13.1 Å². The molecular formula is C19H28Cl2N4O2. The molecule has 2 aliphatic rings. The highest BCUT2D eigenvalue weighted by Gasteiger charge is 2.35. The minimum atomic E-state index is -0.546. The van der Waals surface area contributed by atoms with Gasteiger partial charge in [0.1, 0.15) is 5.82 Å². The maximum atomic E-state index is 12.7. The zero-order valence-corrected chi connectivity index (χ0v) is 16.8. The van der Waals surface area contributed by atoms with E-state index in [0.717, 1.165) is 55.6 Å². The third-order valence-electron chi connectivity index (χ3n) is 5.82. The van der Waals surface area contributed by atoms with Gasteiger partial charge in [-0.1, -0.05) is 12.1 Å². The number of hydrogen-bond acceptors (Lipinski definition) is 4. The van der Waals surface area contributed by atoms with Crippen molar-refractivity contribution < 1.29 is 9.90 Å². The van der Waals surface area contributed by atoms with Gasteiger partial charge in [0.2, 0.25) is 5.91 Å². The number of para-hydroxylation sites is 2. The molecule has 2 fully saturated rings. The van der Waals surface area contributed by atoms with Crippen LogP contribution >= 0.6 is 24.8 Å². The maximum Gasteiger partial charge on any atom is 0.225 e. The number of nitrogens with two attached hydrogens (primary N) is 1. The topological polar surface area (TPSA) is 95.2 Å². The fraction of sp³-hybridized carbons (Fsp3) is 0.579. The van der Waals surface area contributed by atoms with Gasteiger partial charge in [0, 0.05) is 31.0 Å². The van der Waals surface area contributed by atoms with Crippen LogP contribution in [0.25, 0.3) is 11.0 Å². The summed E-state index contributed by atoms with van der Waals surface area (Å²) in [6, 6.07) is 7.90. The first-order chi connectivity index (χ1) is 12.1. The lowest BCUT2D eigenvalue weighted by Gasteiger charge is -2.36. The Morgan fingerprint density at radius 1 is 1.15 bits per heavy atom. The fourth-order valence-electron chi connectivity index (χ4n) is 4.19. The molecule has 6 nitrogen and oxygen atoms in total. The van der Waals surface area contributed by atoms with E-state index in [4.69, 9.17) is 10.7 Å². The predicted molar refractivity (Wildman–Crippen MR) is 110 cm³/mol. The summed E-state index contributed by atoms with van der Waals surface area (Å²) in [5.74, 6) is 1.53. The van der Waals surface area contributed by atoms with Crippen LogP contribution < -0.4 is 5.73 Å². The van der Waals surface area contributed by atoms with Crippen molar-refractivity contribution in [3.8, 4) is 0 Å². The number of fused-ring (bicyclic) bond motifs is 1. The van der Waals surface area contributed by atoms with E-state index in [9.17, 15) is 9.90 Å². The number of carbonyl (C=O) groups excluding carboxylic acids is 1. The Morgan fingerprint density at radius 3 is 2.52 bits per heavy atom. The first-order valence-electron chi connectivity index (χ1n) is 9.29. The number of halogens is 2. The van der Waals surface area contributed by atoms with Gasteiger partial charge in [-0.3, -0.25) is 4.79 Å². The number of aromatic amines is 1. The number of aliphatic hydroxyl groups is 1. The van der Waals surface area contributed by atoms with E-state index >= 15 is 0 Å².